The topological polar surface area (TPSA) is 51.7 Å². The molecular formula is C106H110B3N5O3. The van der Waals surface area contributed by atoms with Crippen molar-refractivity contribution >= 4 is 161 Å². The zero-order valence-electron chi connectivity index (χ0n) is 73.2. The quantitative estimate of drug-likeness (QED) is 0.116. The molecule has 7 aliphatic rings. The average molecular weight is 1530 g/mol. The predicted octanol–water partition coefficient (Wildman–Crippen LogP) is 22.3. The van der Waals surface area contributed by atoms with E-state index in [1.165, 1.54) is 93.9 Å². The van der Waals surface area contributed by atoms with Crippen LogP contribution in [0, 0.1) is 0 Å². The monoisotopic (exact) mass is 1530 g/mol. The number of anilines is 15. The molecule has 7 heterocycles. The van der Waals surface area contributed by atoms with Crippen molar-refractivity contribution in [3.8, 4) is 11.5 Å². The molecule has 12 aromatic rings. The SMILES string of the molecule is CC(C)(C)c1cc(N2c3ccccc3B3c4cc5c(cc4N(c4cc(C(C)(C)C)cc(C(C)(C)C)c4)c4cc(C(=O)OCc6ccccc6)cc2c43)N(c2cc(C(C)(C)C)cc(C(C)(C)C)c2)c2cc3c4c6c2B5c2cccc5c2N6c2c(cccc2B4c2ccccc2N3c2cc(C(C)(C)C)cc(C(C)(C)C)c2)O5)cc(C(C)(C)C)c1. The van der Waals surface area contributed by atoms with Crippen LogP contribution in [-0.4, -0.2) is 26.1 Å². The average Bonchev–Trinajstić information content (AvgIpc) is 0.658. The second-order valence-corrected chi connectivity index (χ2v) is 42.7. The summed E-state index contributed by atoms with van der Waals surface area (Å²) in [5.41, 5.74) is 36.9. The summed E-state index contributed by atoms with van der Waals surface area (Å²) in [6.45, 7) is 55.7. The second-order valence-electron chi connectivity index (χ2n) is 42.7. The molecule has 12 aromatic carbocycles. The lowest BCUT2D eigenvalue weighted by atomic mass is 9.28. The van der Waals surface area contributed by atoms with Crippen LogP contribution in [0.3, 0.4) is 0 Å². The molecule has 19 rings (SSSR count). The molecule has 0 fully saturated rings. The molecule has 0 amide bonds. The molecule has 117 heavy (non-hydrogen) atoms. The standard InChI is InChI=1S/C106H110B3N5O3/c1-99(2,3)64-46-65(100(4,5)6)51-72(50-64)110-83-41-31-29-37-77(83)108-80-58-81-85(59-84(80)112(74-54-68(103(13,14)15)48-69(55-74)104(16,17)18)87-45-63(44-86(110)92(87)108)98(115)116-61-62-34-26-25-27-35-62)113(75-56-70(105(19,20)21)49-71(57-75)106(22,23)24)89-60-88-93-97-94(89)109(81)79-39-33-43-91-96(79)114(97)95-78(38-32-42-90(95)117-91)107(93)76-36-28-30-40-82(76)111(88)73-52-66(101(7,8)9)47-67(53-73)102(10,11)12/h25-60H,61H2,1-24H3. The highest BCUT2D eigenvalue weighted by Crippen LogP contribution is 2.58. The summed E-state index contributed by atoms with van der Waals surface area (Å²) < 4.78 is 14.1. The van der Waals surface area contributed by atoms with Gasteiger partial charge in [-0.2, -0.15) is 0 Å². The Hall–Kier alpha value is -10.9. The molecule has 0 N–H and O–H groups in total. The fraction of sp³-hybridized carbons (Fsp3) is 0.311. The summed E-state index contributed by atoms with van der Waals surface area (Å²) >= 11 is 0. The van der Waals surface area contributed by atoms with E-state index in [1.54, 1.807) is 0 Å². The highest BCUT2D eigenvalue weighted by Gasteiger charge is 2.56. The number of rotatable bonds is 7. The smallest absolute Gasteiger partial charge is 0.338 e. The van der Waals surface area contributed by atoms with E-state index in [2.05, 4.69) is 379 Å². The number of carbonyl (C=O) groups is 1. The number of ether oxygens (including phenoxy) is 2. The Morgan fingerprint density at radius 1 is 0.274 bits per heavy atom. The Labute approximate surface area is 696 Å². The van der Waals surface area contributed by atoms with E-state index >= 15 is 4.79 Å². The van der Waals surface area contributed by atoms with Crippen molar-refractivity contribution in [3.63, 3.8) is 0 Å². The lowest BCUT2D eigenvalue weighted by Crippen LogP contribution is -2.69. The third-order valence-corrected chi connectivity index (χ3v) is 26.2. The van der Waals surface area contributed by atoms with Gasteiger partial charge in [-0.25, -0.2) is 4.79 Å². The number of carbonyl (C=O) groups excluding carboxylic acids is 1. The molecule has 0 saturated carbocycles. The third kappa shape index (κ3) is 12.1. The number of fused-ring (bicyclic) bond motifs is 10. The molecule has 0 aromatic heterocycles. The normalized spacial score (nSPS) is 14.8. The molecule has 0 aliphatic carbocycles. The largest absolute Gasteiger partial charge is 0.457 e. The molecular weight excluding hydrogens is 1420 g/mol. The lowest BCUT2D eigenvalue weighted by molar-refractivity contribution is 0.0472. The fourth-order valence-corrected chi connectivity index (χ4v) is 19.5. The van der Waals surface area contributed by atoms with Gasteiger partial charge in [0, 0.05) is 73.9 Å². The molecule has 0 radical (unpaired) electrons. The summed E-state index contributed by atoms with van der Waals surface area (Å²) in [5, 5.41) is 0. The van der Waals surface area contributed by atoms with Crippen LogP contribution in [0.2, 0.25) is 0 Å². The molecule has 586 valence electrons. The molecule has 11 heteroatoms. The maximum Gasteiger partial charge on any atom is 0.338 e. The predicted molar refractivity (Wildman–Crippen MR) is 499 cm³/mol. The lowest BCUT2D eigenvalue weighted by Gasteiger charge is -2.53. The van der Waals surface area contributed by atoms with Gasteiger partial charge < -0.3 is 34.0 Å². The van der Waals surface area contributed by atoms with Crippen LogP contribution in [0.25, 0.3) is 0 Å². The maximum atomic E-state index is 16.0. The van der Waals surface area contributed by atoms with Crippen LogP contribution in [0.5, 0.6) is 11.5 Å². The van der Waals surface area contributed by atoms with Crippen molar-refractivity contribution in [3.05, 3.63) is 274 Å². The fourth-order valence-electron chi connectivity index (χ4n) is 19.5. The zero-order valence-corrected chi connectivity index (χ0v) is 73.2. The van der Waals surface area contributed by atoms with Gasteiger partial charge in [0.1, 0.15) is 6.61 Å². The first-order chi connectivity index (χ1) is 55.0. The van der Waals surface area contributed by atoms with Gasteiger partial charge in [-0.05, 0) is 240 Å². The van der Waals surface area contributed by atoms with E-state index in [0.29, 0.717) is 5.56 Å². The van der Waals surface area contributed by atoms with Crippen LogP contribution in [0.15, 0.2) is 218 Å². The Morgan fingerprint density at radius 3 is 0.932 bits per heavy atom. The Bertz CT molecular complexity index is 6100. The van der Waals surface area contributed by atoms with Gasteiger partial charge in [-0.3, -0.25) is 0 Å². The Balaban J connectivity index is 0.988. The van der Waals surface area contributed by atoms with Crippen LogP contribution in [0.1, 0.15) is 227 Å². The van der Waals surface area contributed by atoms with E-state index in [9.17, 15) is 0 Å². The molecule has 7 aliphatic heterocycles. The van der Waals surface area contributed by atoms with E-state index < -0.39 is 0 Å². The van der Waals surface area contributed by atoms with Gasteiger partial charge in [-0.15, -0.1) is 0 Å². The molecule has 0 bridgehead atoms. The highest BCUT2D eigenvalue weighted by molar-refractivity contribution is 7.06. The van der Waals surface area contributed by atoms with Gasteiger partial charge >= 0.3 is 5.97 Å². The number of nitrogens with zero attached hydrogens (tertiary/aromatic N) is 5. The van der Waals surface area contributed by atoms with Crippen LogP contribution < -0.4 is 78.4 Å². The number of benzene rings is 12. The van der Waals surface area contributed by atoms with Crippen LogP contribution >= 0.6 is 0 Å². The number of hydrogen-bond acceptors (Lipinski definition) is 8. The minimum Gasteiger partial charge on any atom is -0.457 e. The third-order valence-electron chi connectivity index (χ3n) is 26.2. The molecule has 0 spiro atoms. The summed E-state index contributed by atoms with van der Waals surface area (Å²) in [7, 11) is 0. The van der Waals surface area contributed by atoms with Gasteiger partial charge in [0.15, 0.2) is 11.5 Å². The van der Waals surface area contributed by atoms with Crippen molar-refractivity contribution in [2.75, 3.05) is 24.5 Å². The van der Waals surface area contributed by atoms with Crippen LogP contribution in [-0.2, 0) is 54.7 Å². The Morgan fingerprint density at radius 2 is 0.573 bits per heavy atom. The second kappa shape index (κ2) is 25.6. The van der Waals surface area contributed by atoms with Crippen molar-refractivity contribution in [1.82, 2.24) is 0 Å². The summed E-state index contributed by atoms with van der Waals surface area (Å²) in [4.78, 5) is 29.1. The van der Waals surface area contributed by atoms with Gasteiger partial charge in [0.05, 0.1) is 16.9 Å². The number of para-hydroxylation sites is 4. The van der Waals surface area contributed by atoms with E-state index in [4.69, 9.17) is 9.47 Å². The minimum absolute atomic E-state index is 0.121. The van der Waals surface area contributed by atoms with Crippen molar-refractivity contribution < 1.29 is 14.3 Å². The van der Waals surface area contributed by atoms with E-state index in [0.717, 1.165) is 102 Å². The molecule has 8 nitrogen and oxygen atoms in total. The summed E-state index contributed by atoms with van der Waals surface area (Å²) in [6, 6.07) is 84.0. The first-order valence-electron chi connectivity index (χ1n) is 42.5. The highest BCUT2D eigenvalue weighted by atomic mass is 16.5. The molecule has 0 saturated heterocycles. The zero-order chi connectivity index (χ0) is 82.6. The van der Waals surface area contributed by atoms with Crippen molar-refractivity contribution in [2.45, 2.75) is 216 Å². The molecule has 0 unspecified atom stereocenters. The van der Waals surface area contributed by atoms with Gasteiger partial charge in [0.25, 0.3) is 20.1 Å². The Kier molecular flexibility index (Phi) is 16.6. The number of hydrogen-bond donors (Lipinski definition) is 0. The van der Waals surface area contributed by atoms with Crippen molar-refractivity contribution in [2.24, 2.45) is 0 Å². The first-order valence-corrected chi connectivity index (χ1v) is 42.5. The van der Waals surface area contributed by atoms with E-state index in [-0.39, 0.29) is 76.0 Å². The maximum absolute atomic E-state index is 16.0. The first kappa shape index (κ1) is 76.1. The summed E-state index contributed by atoms with van der Waals surface area (Å²) in [5.74, 6) is 1.32. The molecule has 0 atom stereocenters. The number of esters is 1. The van der Waals surface area contributed by atoms with Gasteiger partial charge in [-0.1, -0.05) is 287 Å². The summed E-state index contributed by atoms with van der Waals surface area (Å²) in [6.07, 6.45) is 0. The van der Waals surface area contributed by atoms with E-state index in [1.807, 2.05) is 30.3 Å². The van der Waals surface area contributed by atoms with Crippen LogP contribution in [0.4, 0.5) is 85.3 Å². The van der Waals surface area contributed by atoms with Crippen molar-refractivity contribution in [1.29, 1.82) is 0 Å². The minimum atomic E-state index is -0.388. The van der Waals surface area contributed by atoms with Gasteiger partial charge in [0.2, 0.25) is 0 Å².